The Morgan fingerprint density at radius 1 is 1.17 bits per heavy atom. The minimum Gasteiger partial charge on any atom is -0.461 e. The Hall–Kier alpha value is -2.40. The highest BCUT2D eigenvalue weighted by molar-refractivity contribution is 7.83. The Morgan fingerprint density at radius 2 is 1.96 bits per heavy atom. The van der Waals surface area contributed by atoms with Crippen molar-refractivity contribution in [1.29, 1.82) is 0 Å². The van der Waals surface area contributed by atoms with E-state index in [1.165, 1.54) is 0 Å². The summed E-state index contributed by atoms with van der Waals surface area (Å²) in [5.41, 5.74) is 4.06. The molecule has 0 aliphatic carbocycles. The number of carbonyl (C=O) groups excluding carboxylic acids is 1. The molecule has 24 heavy (non-hydrogen) atoms. The maximum absolute atomic E-state index is 12.5. The standard InChI is InChI=1S/C19H19NO3S/c1-12-13(2)23-18-8-7-16(10-17(12)18)20-19(21)15-6-4-5-14(9-15)11-24(3)22/h4-10H,11H2,1-3H3,(H,20,21)/t24-/m0/s1. The summed E-state index contributed by atoms with van der Waals surface area (Å²) in [6, 6.07) is 12.8. The zero-order valence-electron chi connectivity index (χ0n) is 13.9. The van der Waals surface area contributed by atoms with E-state index in [1.807, 2.05) is 44.2 Å². The van der Waals surface area contributed by atoms with Crippen LogP contribution in [0.25, 0.3) is 11.0 Å². The fourth-order valence-electron chi connectivity index (χ4n) is 2.66. The normalized spacial score (nSPS) is 12.3. The lowest BCUT2D eigenvalue weighted by Crippen LogP contribution is -2.12. The number of anilines is 1. The number of carbonyl (C=O) groups is 1. The van der Waals surface area contributed by atoms with E-state index in [2.05, 4.69) is 5.32 Å². The third kappa shape index (κ3) is 3.41. The Morgan fingerprint density at radius 3 is 2.71 bits per heavy atom. The summed E-state index contributed by atoms with van der Waals surface area (Å²) in [7, 11) is -0.934. The van der Waals surface area contributed by atoms with Gasteiger partial charge in [-0.05, 0) is 55.3 Å². The number of rotatable bonds is 4. The molecule has 0 aliphatic heterocycles. The van der Waals surface area contributed by atoms with Gasteiger partial charge in [-0.3, -0.25) is 9.00 Å². The molecule has 1 atom stereocenters. The van der Waals surface area contributed by atoms with Crippen LogP contribution in [0, 0.1) is 13.8 Å². The largest absolute Gasteiger partial charge is 0.461 e. The molecule has 0 saturated carbocycles. The predicted octanol–water partition coefficient (Wildman–Crippen LogP) is 4.18. The van der Waals surface area contributed by atoms with Crippen molar-refractivity contribution in [3.63, 3.8) is 0 Å². The molecule has 0 unspecified atom stereocenters. The van der Waals surface area contributed by atoms with Crippen molar-refractivity contribution in [3.8, 4) is 0 Å². The number of amides is 1. The molecule has 1 heterocycles. The fourth-order valence-corrected chi connectivity index (χ4v) is 3.31. The molecule has 0 fully saturated rings. The van der Waals surface area contributed by atoms with Gasteiger partial charge in [-0.2, -0.15) is 0 Å². The number of hydrogen-bond acceptors (Lipinski definition) is 3. The van der Waals surface area contributed by atoms with Crippen LogP contribution >= 0.6 is 0 Å². The Labute approximate surface area is 143 Å². The average Bonchev–Trinajstić information content (AvgIpc) is 2.82. The first-order valence-electron chi connectivity index (χ1n) is 7.64. The molecule has 3 rings (SSSR count). The molecular formula is C19H19NO3S. The van der Waals surface area contributed by atoms with Gasteiger partial charge in [0, 0.05) is 39.4 Å². The monoisotopic (exact) mass is 341 g/mol. The van der Waals surface area contributed by atoms with E-state index in [-0.39, 0.29) is 5.91 Å². The predicted molar refractivity (Wildman–Crippen MR) is 97.9 cm³/mol. The Kier molecular flexibility index (Phi) is 4.53. The average molecular weight is 341 g/mol. The third-order valence-corrected chi connectivity index (χ3v) is 4.73. The molecular weight excluding hydrogens is 322 g/mol. The number of hydrogen-bond donors (Lipinski definition) is 1. The number of aryl methyl sites for hydroxylation is 2. The Balaban J connectivity index is 1.84. The highest BCUT2D eigenvalue weighted by atomic mass is 32.2. The molecule has 5 heteroatoms. The van der Waals surface area contributed by atoms with Crippen molar-refractivity contribution < 1.29 is 13.4 Å². The van der Waals surface area contributed by atoms with Gasteiger partial charge in [0.2, 0.25) is 0 Å². The van der Waals surface area contributed by atoms with Gasteiger partial charge in [0.25, 0.3) is 5.91 Å². The van der Waals surface area contributed by atoms with Crippen LogP contribution in [0.3, 0.4) is 0 Å². The second-order valence-corrected chi connectivity index (χ2v) is 7.30. The second-order valence-electron chi connectivity index (χ2n) is 5.87. The molecule has 0 saturated heterocycles. The van der Waals surface area contributed by atoms with Gasteiger partial charge in [0.05, 0.1) is 0 Å². The van der Waals surface area contributed by atoms with Crippen molar-refractivity contribution in [1.82, 2.24) is 0 Å². The SMILES string of the molecule is Cc1oc2ccc(NC(=O)c3cccc(C[S@](C)=O)c3)cc2c1C. The van der Waals surface area contributed by atoms with Crippen LogP contribution < -0.4 is 5.32 Å². The van der Waals surface area contributed by atoms with Crippen LogP contribution in [0.4, 0.5) is 5.69 Å². The molecule has 124 valence electrons. The van der Waals surface area contributed by atoms with Gasteiger partial charge in [0.1, 0.15) is 11.3 Å². The lowest BCUT2D eigenvalue weighted by molar-refractivity contribution is 0.102. The lowest BCUT2D eigenvalue weighted by Gasteiger charge is -2.07. The smallest absolute Gasteiger partial charge is 0.255 e. The van der Waals surface area contributed by atoms with Gasteiger partial charge in [-0.1, -0.05) is 12.1 Å². The topological polar surface area (TPSA) is 59.3 Å². The maximum atomic E-state index is 12.5. The zero-order chi connectivity index (χ0) is 17.3. The molecule has 0 bridgehead atoms. The van der Waals surface area contributed by atoms with Gasteiger partial charge < -0.3 is 9.73 Å². The van der Waals surface area contributed by atoms with Gasteiger partial charge >= 0.3 is 0 Å². The van der Waals surface area contributed by atoms with Crippen LogP contribution in [0.2, 0.25) is 0 Å². The number of benzene rings is 2. The summed E-state index contributed by atoms with van der Waals surface area (Å²) in [4.78, 5) is 12.5. The quantitative estimate of drug-likeness (QED) is 0.774. The highest BCUT2D eigenvalue weighted by Crippen LogP contribution is 2.27. The number of nitrogens with one attached hydrogen (secondary N) is 1. The van der Waals surface area contributed by atoms with Gasteiger partial charge in [0.15, 0.2) is 0 Å². The maximum Gasteiger partial charge on any atom is 0.255 e. The first kappa shape index (κ1) is 16.5. The molecule has 0 aliphatic rings. The van der Waals surface area contributed by atoms with Gasteiger partial charge in [-0.25, -0.2) is 0 Å². The van der Waals surface area contributed by atoms with E-state index in [4.69, 9.17) is 4.42 Å². The van der Waals surface area contributed by atoms with Gasteiger partial charge in [-0.15, -0.1) is 0 Å². The van der Waals surface area contributed by atoms with Crippen molar-refractivity contribution in [2.24, 2.45) is 0 Å². The fraction of sp³-hybridized carbons (Fsp3) is 0.211. The molecule has 0 spiro atoms. The molecule has 0 radical (unpaired) electrons. The first-order valence-corrected chi connectivity index (χ1v) is 9.37. The van der Waals surface area contributed by atoms with E-state index in [0.717, 1.165) is 33.5 Å². The van der Waals surface area contributed by atoms with Crippen molar-refractivity contribution in [2.45, 2.75) is 19.6 Å². The van der Waals surface area contributed by atoms with E-state index in [0.29, 0.717) is 11.3 Å². The molecule has 1 amide bonds. The summed E-state index contributed by atoms with van der Waals surface area (Å²) in [5.74, 6) is 1.14. The lowest BCUT2D eigenvalue weighted by atomic mass is 10.1. The molecule has 2 aromatic carbocycles. The van der Waals surface area contributed by atoms with E-state index in [9.17, 15) is 9.00 Å². The molecule has 1 N–H and O–H groups in total. The van der Waals surface area contributed by atoms with Crippen LogP contribution in [0.5, 0.6) is 0 Å². The van der Waals surface area contributed by atoms with E-state index >= 15 is 0 Å². The molecule has 4 nitrogen and oxygen atoms in total. The Bertz CT molecular complexity index is 943. The summed E-state index contributed by atoms with van der Waals surface area (Å²) >= 11 is 0. The van der Waals surface area contributed by atoms with Crippen molar-refractivity contribution >= 4 is 33.4 Å². The molecule has 1 aromatic heterocycles. The minimum atomic E-state index is -0.934. The van der Waals surface area contributed by atoms with E-state index in [1.54, 1.807) is 18.4 Å². The molecule has 3 aromatic rings. The summed E-state index contributed by atoms with van der Waals surface area (Å²) in [5, 5.41) is 3.91. The minimum absolute atomic E-state index is 0.184. The number of fused-ring (bicyclic) bond motifs is 1. The summed E-state index contributed by atoms with van der Waals surface area (Å²) in [6.45, 7) is 3.93. The summed E-state index contributed by atoms with van der Waals surface area (Å²) < 4.78 is 17.0. The second kappa shape index (κ2) is 6.61. The van der Waals surface area contributed by atoms with Crippen LogP contribution in [-0.4, -0.2) is 16.4 Å². The number of furan rings is 1. The van der Waals surface area contributed by atoms with Crippen LogP contribution in [0.1, 0.15) is 27.2 Å². The van der Waals surface area contributed by atoms with Crippen molar-refractivity contribution in [3.05, 3.63) is 64.9 Å². The van der Waals surface area contributed by atoms with E-state index < -0.39 is 10.8 Å². The first-order chi connectivity index (χ1) is 11.4. The summed E-state index contributed by atoms with van der Waals surface area (Å²) in [6.07, 6.45) is 1.65. The third-order valence-electron chi connectivity index (χ3n) is 3.99. The zero-order valence-corrected chi connectivity index (χ0v) is 14.7. The van der Waals surface area contributed by atoms with Crippen molar-refractivity contribution in [2.75, 3.05) is 11.6 Å². The highest BCUT2D eigenvalue weighted by Gasteiger charge is 2.11. The van der Waals surface area contributed by atoms with Crippen LogP contribution in [0.15, 0.2) is 46.9 Å². The van der Waals surface area contributed by atoms with Crippen LogP contribution in [-0.2, 0) is 16.6 Å².